The van der Waals surface area contributed by atoms with Crippen molar-refractivity contribution in [2.45, 2.75) is 31.2 Å². The van der Waals surface area contributed by atoms with Gasteiger partial charge in [-0.25, -0.2) is 4.98 Å². The van der Waals surface area contributed by atoms with Crippen molar-refractivity contribution in [1.82, 2.24) is 24.7 Å². The lowest BCUT2D eigenvalue weighted by Crippen LogP contribution is -2.42. The third-order valence-electron chi connectivity index (χ3n) is 6.08. The van der Waals surface area contributed by atoms with Gasteiger partial charge in [-0.1, -0.05) is 60.7 Å². The van der Waals surface area contributed by atoms with E-state index >= 15 is 0 Å². The molecule has 8 nitrogen and oxygen atoms in total. The zero-order valence-electron chi connectivity index (χ0n) is 19.0. The lowest BCUT2D eigenvalue weighted by Gasteiger charge is -2.35. The van der Waals surface area contributed by atoms with Gasteiger partial charge in [0.1, 0.15) is 25.1 Å². The van der Waals surface area contributed by atoms with Crippen LogP contribution in [0.15, 0.2) is 79.1 Å². The highest BCUT2D eigenvalue weighted by Crippen LogP contribution is 2.30. The lowest BCUT2D eigenvalue weighted by atomic mass is 10.00. The van der Waals surface area contributed by atoms with E-state index < -0.39 is 6.10 Å². The SMILES string of the molecule is OC(COc1ccc2ncnn2n1)CN1CCC(OC(c2ccccc2)c2ccccc2)CC1. The Morgan fingerprint density at radius 3 is 2.26 bits per heavy atom. The maximum atomic E-state index is 10.5. The number of nitrogens with zero attached hydrogens (tertiary/aromatic N) is 5. The number of likely N-dealkylation sites (tertiary alicyclic amines) is 1. The molecule has 176 valence electrons. The summed E-state index contributed by atoms with van der Waals surface area (Å²) >= 11 is 0. The van der Waals surface area contributed by atoms with E-state index in [0.717, 1.165) is 25.9 Å². The number of aliphatic hydroxyl groups excluding tert-OH is 1. The number of rotatable bonds is 9. The van der Waals surface area contributed by atoms with Crippen LogP contribution >= 0.6 is 0 Å². The van der Waals surface area contributed by atoms with Gasteiger partial charge in [0.15, 0.2) is 5.65 Å². The third-order valence-corrected chi connectivity index (χ3v) is 6.08. The molecule has 1 aliphatic heterocycles. The van der Waals surface area contributed by atoms with Gasteiger partial charge in [-0.2, -0.15) is 0 Å². The predicted molar refractivity (Wildman–Crippen MR) is 128 cm³/mol. The first kappa shape index (κ1) is 22.5. The van der Waals surface area contributed by atoms with Gasteiger partial charge in [0.05, 0.1) is 6.10 Å². The van der Waals surface area contributed by atoms with Crippen LogP contribution in [0.4, 0.5) is 0 Å². The van der Waals surface area contributed by atoms with Crippen LogP contribution in [0, 0.1) is 0 Å². The van der Waals surface area contributed by atoms with Gasteiger partial charge >= 0.3 is 0 Å². The van der Waals surface area contributed by atoms with Crippen molar-refractivity contribution in [2.24, 2.45) is 0 Å². The summed E-state index contributed by atoms with van der Waals surface area (Å²) in [6, 6.07) is 24.3. The molecule has 3 heterocycles. The molecule has 0 bridgehead atoms. The second kappa shape index (κ2) is 10.7. The van der Waals surface area contributed by atoms with Crippen LogP contribution in [0.2, 0.25) is 0 Å². The molecule has 1 unspecified atom stereocenters. The molecule has 1 saturated heterocycles. The lowest BCUT2D eigenvalue weighted by molar-refractivity contribution is -0.0347. The number of hydrogen-bond acceptors (Lipinski definition) is 7. The van der Waals surface area contributed by atoms with Gasteiger partial charge in [-0.3, -0.25) is 0 Å². The Kier molecular flexibility index (Phi) is 7.09. The zero-order valence-corrected chi connectivity index (χ0v) is 19.0. The summed E-state index contributed by atoms with van der Waals surface area (Å²) in [7, 11) is 0. The van der Waals surface area contributed by atoms with Crippen LogP contribution in [-0.2, 0) is 4.74 Å². The van der Waals surface area contributed by atoms with E-state index in [1.54, 1.807) is 12.1 Å². The largest absolute Gasteiger partial charge is 0.474 e. The minimum absolute atomic E-state index is 0.0761. The molecule has 8 heteroatoms. The Balaban J connectivity index is 1.11. The van der Waals surface area contributed by atoms with E-state index in [-0.39, 0.29) is 18.8 Å². The topological polar surface area (TPSA) is 85.0 Å². The highest BCUT2D eigenvalue weighted by atomic mass is 16.5. The highest BCUT2D eigenvalue weighted by Gasteiger charge is 2.25. The number of hydrogen-bond donors (Lipinski definition) is 1. The molecule has 1 N–H and O–H groups in total. The van der Waals surface area contributed by atoms with Gasteiger partial charge < -0.3 is 19.5 Å². The van der Waals surface area contributed by atoms with Crippen LogP contribution in [-0.4, -0.2) is 68.3 Å². The van der Waals surface area contributed by atoms with E-state index in [9.17, 15) is 5.11 Å². The minimum atomic E-state index is -0.605. The number of aliphatic hydroxyl groups is 1. The van der Waals surface area contributed by atoms with Gasteiger partial charge in [0, 0.05) is 25.7 Å². The van der Waals surface area contributed by atoms with E-state index in [2.05, 4.69) is 68.6 Å². The number of fused-ring (bicyclic) bond motifs is 1. The fourth-order valence-electron chi connectivity index (χ4n) is 4.34. The Labute approximate surface area is 198 Å². The molecule has 0 spiro atoms. The Morgan fingerprint density at radius 1 is 0.912 bits per heavy atom. The van der Waals surface area contributed by atoms with E-state index in [0.29, 0.717) is 18.1 Å². The summed E-state index contributed by atoms with van der Waals surface area (Å²) in [5.74, 6) is 0.414. The van der Waals surface area contributed by atoms with Crippen LogP contribution in [0.5, 0.6) is 5.88 Å². The van der Waals surface area contributed by atoms with Crippen molar-refractivity contribution in [3.63, 3.8) is 0 Å². The zero-order chi connectivity index (χ0) is 23.2. The predicted octanol–water partition coefficient (Wildman–Crippen LogP) is 3.13. The van der Waals surface area contributed by atoms with Gasteiger partial charge in [-0.15, -0.1) is 14.8 Å². The van der Waals surface area contributed by atoms with Crippen molar-refractivity contribution in [3.8, 4) is 5.88 Å². The van der Waals surface area contributed by atoms with Crippen LogP contribution < -0.4 is 4.74 Å². The molecule has 1 aliphatic rings. The van der Waals surface area contributed by atoms with Gasteiger partial charge in [0.25, 0.3) is 0 Å². The molecule has 2 aromatic heterocycles. The second-order valence-electron chi connectivity index (χ2n) is 8.58. The van der Waals surface area contributed by atoms with Gasteiger partial charge in [-0.05, 0) is 30.0 Å². The molecular formula is C26H29N5O3. The summed E-state index contributed by atoms with van der Waals surface area (Å²) < 4.78 is 13.7. The summed E-state index contributed by atoms with van der Waals surface area (Å²) in [5.41, 5.74) is 2.99. The fourth-order valence-corrected chi connectivity index (χ4v) is 4.34. The average molecular weight is 460 g/mol. The van der Waals surface area contributed by atoms with Crippen LogP contribution in [0.25, 0.3) is 5.65 Å². The van der Waals surface area contributed by atoms with E-state index in [1.165, 1.54) is 22.1 Å². The number of β-amino-alcohol motifs (C(OH)–C–C–N with tert-alkyl or cyclic N) is 1. The molecule has 0 aliphatic carbocycles. The smallest absolute Gasteiger partial charge is 0.233 e. The number of aromatic nitrogens is 4. The van der Waals surface area contributed by atoms with Crippen LogP contribution in [0.1, 0.15) is 30.1 Å². The van der Waals surface area contributed by atoms with Gasteiger partial charge in [0.2, 0.25) is 5.88 Å². The van der Waals surface area contributed by atoms with Crippen LogP contribution in [0.3, 0.4) is 0 Å². The quantitative estimate of drug-likeness (QED) is 0.412. The van der Waals surface area contributed by atoms with E-state index in [1.807, 2.05) is 12.1 Å². The minimum Gasteiger partial charge on any atom is -0.474 e. The first-order valence-electron chi connectivity index (χ1n) is 11.7. The molecule has 1 atom stereocenters. The molecule has 4 aromatic rings. The molecule has 2 aromatic carbocycles. The Hall–Kier alpha value is -3.33. The molecule has 5 rings (SSSR count). The summed E-state index contributed by atoms with van der Waals surface area (Å²) in [4.78, 5) is 6.32. The normalized spacial score (nSPS) is 16.2. The maximum Gasteiger partial charge on any atom is 0.233 e. The van der Waals surface area contributed by atoms with Crippen molar-refractivity contribution in [1.29, 1.82) is 0 Å². The molecular weight excluding hydrogens is 430 g/mol. The molecule has 0 saturated carbocycles. The second-order valence-corrected chi connectivity index (χ2v) is 8.58. The molecule has 1 fully saturated rings. The Bertz CT molecular complexity index is 1120. The molecule has 0 radical (unpaired) electrons. The standard InChI is InChI=1S/C26H29N5O3/c32-22(18-33-25-12-11-24-27-19-28-31(24)29-25)17-30-15-13-23(14-16-30)34-26(20-7-3-1-4-8-20)21-9-5-2-6-10-21/h1-12,19,22-23,26,32H,13-18H2. The highest BCUT2D eigenvalue weighted by molar-refractivity contribution is 5.35. The third kappa shape index (κ3) is 5.59. The van der Waals surface area contributed by atoms with E-state index in [4.69, 9.17) is 9.47 Å². The van der Waals surface area contributed by atoms with Crippen molar-refractivity contribution in [3.05, 3.63) is 90.3 Å². The van der Waals surface area contributed by atoms with Crippen molar-refractivity contribution < 1.29 is 14.6 Å². The average Bonchev–Trinajstić information content (AvgIpc) is 3.36. The number of piperidine rings is 1. The number of ether oxygens (including phenoxy) is 2. The molecule has 34 heavy (non-hydrogen) atoms. The summed E-state index contributed by atoms with van der Waals surface area (Å²) in [6.45, 7) is 2.48. The fraction of sp³-hybridized carbons (Fsp3) is 0.346. The summed E-state index contributed by atoms with van der Waals surface area (Å²) in [6.07, 6.45) is 2.78. The van der Waals surface area contributed by atoms with Crippen molar-refractivity contribution in [2.75, 3.05) is 26.2 Å². The monoisotopic (exact) mass is 459 g/mol. The van der Waals surface area contributed by atoms with Crippen molar-refractivity contribution >= 4 is 5.65 Å². The first-order chi connectivity index (χ1) is 16.7. The number of benzene rings is 2. The first-order valence-corrected chi connectivity index (χ1v) is 11.7. The Morgan fingerprint density at radius 2 is 1.59 bits per heavy atom. The maximum absolute atomic E-state index is 10.5. The summed E-state index contributed by atoms with van der Waals surface area (Å²) in [5, 5.41) is 18.7. The molecule has 0 amide bonds.